The first-order chi connectivity index (χ1) is 14.6. The van der Waals surface area contributed by atoms with Crippen molar-refractivity contribution >= 4 is 27.5 Å². The third kappa shape index (κ3) is 3.03. The number of fused-ring (bicyclic) bond motifs is 3. The van der Waals surface area contributed by atoms with Crippen molar-refractivity contribution in [3.8, 4) is 5.69 Å². The predicted molar refractivity (Wildman–Crippen MR) is 119 cm³/mol. The highest BCUT2D eigenvalue weighted by Crippen LogP contribution is 2.35. The standard InChI is InChI=1S/C23H25N3O3S/c1-15-8-5-6-13-24(15)19(27)14-25-22-20(17-11-7-12-18(17)30-22)21(28)26(23(25)29)16-9-3-2-4-10-16/h2-4,9-10,15H,5-8,11-14H2,1H3/t15-/m0/s1. The molecule has 6 nitrogen and oxygen atoms in total. The summed E-state index contributed by atoms with van der Waals surface area (Å²) < 4.78 is 2.77. The van der Waals surface area contributed by atoms with Gasteiger partial charge in [-0.15, -0.1) is 11.3 Å². The van der Waals surface area contributed by atoms with Gasteiger partial charge in [-0.25, -0.2) is 9.36 Å². The number of carbonyl (C=O) groups is 1. The molecule has 1 fully saturated rings. The van der Waals surface area contributed by atoms with Gasteiger partial charge in [-0.2, -0.15) is 0 Å². The number of hydrogen-bond donors (Lipinski definition) is 0. The first-order valence-electron chi connectivity index (χ1n) is 10.7. The normalized spacial score (nSPS) is 18.7. The molecule has 1 amide bonds. The highest BCUT2D eigenvalue weighted by atomic mass is 32.1. The lowest BCUT2D eigenvalue weighted by molar-refractivity contribution is -0.135. The number of aryl methyl sites for hydroxylation is 2. The summed E-state index contributed by atoms with van der Waals surface area (Å²) in [6.45, 7) is 2.78. The molecule has 156 valence electrons. The van der Waals surface area contributed by atoms with Gasteiger partial charge in [0.05, 0.1) is 11.1 Å². The molecule has 1 saturated heterocycles. The number of aromatic nitrogens is 2. The molecule has 0 saturated carbocycles. The van der Waals surface area contributed by atoms with Gasteiger partial charge in [-0.05, 0) is 63.1 Å². The molecule has 2 aliphatic rings. The Morgan fingerprint density at radius 2 is 1.90 bits per heavy atom. The lowest BCUT2D eigenvalue weighted by Crippen LogP contribution is -2.46. The molecule has 1 aliphatic carbocycles. The molecule has 3 aromatic rings. The Labute approximate surface area is 178 Å². The van der Waals surface area contributed by atoms with Crippen molar-refractivity contribution in [1.82, 2.24) is 14.0 Å². The van der Waals surface area contributed by atoms with E-state index in [2.05, 4.69) is 6.92 Å². The van der Waals surface area contributed by atoms with Crippen LogP contribution in [0.15, 0.2) is 39.9 Å². The zero-order valence-corrected chi connectivity index (χ0v) is 17.9. The number of benzene rings is 1. The van der Waals surface area contributed by atoms with E-state index in [-0.39, 0.29) is 24.1 Å². The minimum Gasteiger partial charge on any atom is -0.338 e. The fourth-order valence-corrected chi connectivity index (χ4v) is 6.22. The van der Waals surface area contributed by atoms with E-state index in [0.717, 1.165) is 50.6 Å². The summed E-state index contributed by atoms with van der Waals surface area (Å²) in [7, 11) is 0. The molecule has 2 aromatic heterocycles. The summed E-state index contributed by atoms with van der Waals surface area (Å²) in [6, 6.07) is 9.20. The molecule has 0 bridgehead atoms. The van der Waals surface area contributed by atoms with Crippen LogP contribution in [0.25, 0.3) is 15.9 Å². The number of para-hydroxylation sites is 1. The van der Waals surface area contributed by atoms with Crippen LogP contribution in [0.5, 0.6) is 0 Å². The molecule has 7 heteroatoms. The van der Waals surface area contributed by atoms with Crippen LogP contribution < -0.4 is 11.2 Å². The molecule has 30 heavy (non-hydrogen) atoms. The van der Waals surface area contributed by atoms with Crippen LogP contribution in [0, 0.1) is 0 Å². The van der Waals surface area contributed by atoms with Crippen LogP contribution in [0.3, 0.4) is 0 Å². The zero-order valence-electron chi connectivity index (χ0n) is 17.1. The minimum atomic E-state index is -0.434. The lowest BCUT2D eigenvalue weighted by atomic mass is 10.0. The van der Waals surface area contributed by atoms with Crippen LogP contribution in [-0.4, -0.2) is 32.5 Å². The molecular weight excluding hydrogens is 398 g/mol. The van der Waals surface area contributed by atoms with Crippen molar-refractivity contribution in [3.63, 3.8) is 0 Å². The number of nitrogens with zero attached hydrogens (tertiary/aromatic N) is 3. The number of thiophene rings is 1. The van der Waals surface area contributed by atoms with Crippen LogP contribution in [-0.2, 0) is 24.2 Å². The summed E-state index contributed by atoms with van der Waals surface area (Å²) >= 11 is 1.51. The SMILES string of the molecule is C[C@H]1CCCCN1C(=O)Cn1c(=O)n(-c2ccccc2)c(=O)c2c3c(sc21)CCC3. The van der Waals surface area contributed by atoms with Crippen LogP contribution >= 0.6 is 11.3 Å². The van der Waals surface area contributed by atoms with E-state index in [4.69, 9.17) is 0 Å². The average Bonchev–Trinajstić information content (AvgIpc) is 3.33. The summed E-state index contributed by atoms with van der Waals surface area (Å²) in [4.78, 5) is 43.8. The van der Waals surface area contributed by atoms with Gasteiger partial charge in [-0.1, -0.05) is 18.2 Å². The molecule has 0 unspecified atom stereocenters. The molecule has 1 aromatic carbocycles. The van der Waals surface area contributed by atoms with E-state index >= 15 is 0 Å². The molecule has 0 N–H and O–H groups in total. The highest BCUT2D eigenvalue weighted by Gasteiger charge is 2.28. The fourth-order valence-electron chi connectivity index (χ4n) is 4.85. The van der Waals surface area contributed by atoms with E-state index in [1.807, 2.05) is 23.1 Å². The Kier molecular flexibility index (Phi) is 4.85. The van der Waals surface area contributed by atoms with Crippen molar-refractivity contribution in [3.05, 3.63) is 61.6 Å². The van der Waals surface area contributed by atoms with Gasteiger partial charge in [-0.3, -0.25) is 14.2 Å². The largest absolute Gasteiger partial charge is 0.338 e. The second-order valence-corrected chi connectivity index (χ2v) is 9.40. The monoisotopic (exact) mass is 423 g/mol. The van der Waals surface area contributed by atoms with Gasteiger partial charge in [0.15, 0.2) is 0 Å². The van der Waals surface area contributed by atoms with Gasteiger partial charge in [0.25, 0.3) is 5.56 Å². The maximum atomic E-state index is 13.5. The topological polar surface area (TPSA) is 64.3 Å². The number of rotatable bonds is 3. The molecule has 0 spiro atoms. The Bertz CT molecular complexity index is 1240. The van der Waals surface area contributed by atoms with E-state index in [9.17, 15) is 14.4 Å². The predicted octanol–water partition coefficient (Wildman–Crippen LogP) is 3.10. The Hall–Kier alpha value is -2.67. The van der Waals surface area contributed by atoms with E-state index < -0.39 is 5.69 Å². The summed E-state index contributed by atoms with van der Waals surface area (Å²) in [6.07, 6.45) is 5.94. The van der Waals surface area contributed by atoms with E-state index in [1.54, 1.807) is 12.1 Å². The van der Waals surface area contributed by atoms with Crippen molar-refractivity contribution < 1.29 is 4.79 Å². The second kappa shape index (κ2) is 7.54. The van der Waals surface area contributed by atoms with Crippen LogP contribution in [0.4, 0.5) is 0 Å². The highest BCUT2D eigenvalue weighted by molar-refractivity contribution is 7.19. The van der Waals surface area contributed by atoms with Crippen LogP contribution in [0.2, 0.25) is 0 Å². The molecule has 5 rings (SSSR count). The fraction of sp³-hybridized carbons (Fsp3) is 0.435. The molecule has 1 aliphatic heterocycles. The number of likely N-dealkylation sites (tertiary alicyclic amines) is 1. The third-order valence-corrected chi connectivity index (χ3v) is 7.73. The number of carbonyl (C=O) groups excluding carboxylic acids is 1. The first kappa shape index (κ1) is 19.3. The van der Waals surface area contributed by atoms with E-state index in [1.165, 1.54) is 25.3 Å². The summed E-state index contributed by atoms with van der Waals surface area (Å²) in [5.74, 6) is -0.0441. The van der Waals surface area contributed by atoms with Gasteiger partial charge in [0.2, 0.25) is 5.91 Å². The third-order valence-electron chi connectivity index (χ3n) is 6.42. The Morgan fingerprint density at radius 1 is 1.10 bits per heavy atom. The van der Waals surface area contributed by atoms with Crippen molar-refractivity contribution in [2.24, 2.45) is 0 Å². The smallest absolute Gasteiger partial charge is 0.337 e. The number of piperidine rings is 1. The van der Waals surface area contributed by atoms with Crippen molar-refractivity contribution in [2.45, 2.75) is 58.0 Å². The summed E-state index contributed by atoms with van der Waals surface area (Å²) in [5, 5.41) is 0.621. The zero-order chi connectivity index (χ0) is 20.8. The van der Waals surface area contributed by atoms with Gasteiger partial charge < -0.3 is 4.90 Å². The molecule has 1 atom stereocenters. The number of hydrogen-bond acceptors (Lipinski definition) is 4. The Morgan fingerprint density at radius 3 is 2.67 bits per heavy atom. The molecule has 3 heterocycles. The average molecular weight is 424 g/mol. The first-order valence-corrected chi connectivity index (χ1v) is 11.5. The lowest BCUT2D eigenvalue weighted by Gasteiger charge is -2.33. The summed E-state index contributed by atoms with van der Waals surface area (Å²) in [5.41, 5.74) is 0.907. The number of amides is 1. The maximum absolute atomic E-state index is 13.5. The molecular formula is C23H25N3O3S. The van der Waals surface area contributed by atoms with Gasteiger partial charge in [0.1, 0.15) is 11.4 Å². The van der Waals surface area contributed by atoms with Crippen molar-refractivity contribution in [1.29, 1.82) is 0 Å². The van der Waals surface area contributed by atoms with Gasteiger partial charge >= 0.3 is 5.69 Å². The Balaban J connectivity index is 1.70. The minimum absolute atomic E-state index is 0.0216. The van der Waals surface area contributed by atoms with Crippen LogP contribution in [0.1, 0.15) is 43.0 Å². The van der Waals surface area contributed by atoms with Crippen molar-refractivity contribution in [2.75, 3.05) is 6.54 Å². The second-order valence-electron chi connectivity index (χ2n) is 8.31. The van der Waals surface area contributed by atoms with E-state index in [0.29, 0.717) is 15.9 Å². The maximum Gasteiger partial charge on any atom is 0.337 e. The quantitative estimate of drug-likeness (QED) is 0.650. The van der Waals surface area contributed by atoms with Gasteiger partial charge in [0, 0.05) is 17.5 Å². The molecule has 0 radical (unpaired) electrons.